The normalized spacial score (nSPS) is 6.60. The molecule has 0 fully saturated rings. The zero-order chi connectivity index (χ0) is 4.28. The van der Waals surface area contributed by atoms with Gasteiger partial charge in [0, 0.05) is 0 Å². The Morgan fingerprint density at radius 3 is 1.80 bits per heavy atom. The van der Waals surface area contributed by atoms with Gasteiger partial charge in [0.25, 0.3) is 0 Å². The Morgan fingerprint density at radius 2 is 1.80 bits per heavy atom. The molecule has 0 amide bonds. The second-order valence-corrected chi connectivity index (χ2v) is 2.93. The Balaban J connectivity index is 4.25. The van der Waals surface area contributed by atoms with E-state index in [4.69, 9.17) is 0 Å². The summed E-state index contributed by atoms with van der Waals surface area (Å²) in [4.78, 5) is 0. The average molecular weight is 111 g/mol. The maximum atomic E-state index is 9.33. The van der Waals surface area contributed by atoms with Crippen molar-refractivity contribution in [2.45, 2.75) is 0 Å². The molecule has 0 aliphatic heterocycles. The van der Waals surface area contributed by atoms with E-state index in [0.29, 0.717) is 0 Å². The molecule has 0 N–H and O–H groups in total. The highest BCUT2D eigenvalue weighted by Crippen LogP contribution is 1.33. The third-order valence-electron chi connectivity index (χ3n) is 0.136. The number of rotatable bonds is 0. The van der Waals surface area contributed by atoms with Gasteiger partial charge in [-0.25, -0.2) is 0 Å². The molecule has 0 saturated heterocycles. The summed E-state index contributed by atoms with van der Waals surface area (Å²) in [6.07, 6.45) is 1.50. The number of hydrogen-bond acceptors (Lipinski definition) is 2. The Kier molecular flexibility index (Phi) is 2.31. The highest BCUT2D eigenvalue weighted by atomic mass is 32.8. The molecule has 0 aliphatic rings. The van der Waals surface area contributed by atoms with Gasteiger partial charge in [-0.1, -0.05) is 0 Å². The van der Waals surface area contributed by atoms with Crippen LogP contribution in [0.1, 0.15) is 0 Å². The predicted octanol–water partition coefficient (Wildman–Crippen LogP) is -0.507. The van der Waals surface area contributed by atoms with Gasteiger partial charge in [0.1, 0.15) is 0 Å². The van der Waals surface area contributed by atoms with E-state index in [1.165, 1.54) is 6.26 Å². The molecular formula is CH3O2S2+. The van der Waals surface area contributed by atoms with Crippen molar-refractivity contribution in [1.82, 2.24) is 0 Å². The van der Waals surface area contributed by atoms with Crippen molar-refractivity contribution >= 4 is 19.6 Å². The maximum absolute atomic E-state index is 9.33. The van der Waals surface area contributed by atoms with E-state index in [9.17, 15) is 8.42 Å². The van der Waals surface area contributed by atoms with E-state index in [1.807, 2.05) is 0 Å². The van der Waals surface area contributed by atoms with E-state index in [-0.39, 0.29) is 0 Å². The predicted molar refractivity (Wildman–Crippen MR) is 22.2 cm³/mol. The van der Waals surface area contributed by atoms with Crippen molar-refractivity contribution in [1.29, 1.82) is 0 Å². The zero-order valence-corrected chi connectivity index (χ0v) is 4.27. The van der Waals surface area contributed by atoms with Crippen LogP contribution in [0.2, 0.25) is 0 Å². The van der Waals surface area contributed by atoms with Crippen molar-refractivity contribution in [3.63, 3.8) is 0 Å². The van der Waals surface area contributed by atoms with Crippen LogP contribution in [0.3, 0.4) is 0 Å². The summed E-state index contributed by atoms with van der Waals surface area (Å²) in [5.74, 6) is 0. The minimum Gasteiger partial charge on any atom is -0.128 e. The lowest BCUT2D eigenvalue weighted by Crippen LogP contribution is -1.51. The van der Waals surface area contributed by atoms with Crippen molar-refractivity contribution in [2.24, 2.45) is 0 Å². The molecule has 0 aromatic rings. The summed E-state index contributed by atoms with van der Waals surface area (Å²) >= 11 is 0. The highest BCUT2D eigenvalue weighted by molar-refractivity contribution is 8.23. The van der Waals surface area contributed by atoms with Gasteiger partial charge in [-0.05, 0) is 0 Å². The van der Waals surface area contributed by atoms with Crippen LogP contribution in [-0.2, 0) is 19.6 Å². The van der Waals surface area contributed by atoms with E-state index in [1.54, 1.807) is 0 Å². The van der Waals surface area contributed by atoms with E-state index in [0.717, 1.165) is 10.3 Å². The molecule has 0 saturated carbocycles. The quantitative estimate of drug-likeness (QED) is 0.395. The summed E-state index contributed by atoms with van der Waals surface area (Å²) in [6, 6.07) is 0. The average Bonchev–Trinajstić information content (AvgIpc) is 1.38. The smallest absolute Gasteiger partial charge is 0.128 e. The molecule has 2 nitrogen and oxygen atoms in total. The second-order valence-electron chi connectivity index (χ2n) is 0.371. The molecule has 0 aromatic heterocycles. The molecule has 0 spiro atoms. The van der Waals surface area contributed by atoms with Gasteiger partial charge in [-0.2, -0.15) is 0 Å². The van der Waals surface area contributed by atoms with Gasteiger partial charge in [-0.3, -0.25) is 0 Å². The fourth-order valence-electron chi connectivity index (χ4n) is 0. The molecule has 4 heteroatoms. The first-order valence-electron chi connectivity index (χ1n) is 0.908. The van der Waals surface area contributed by atoms with E-state index in [2.05, 4.69) is 0 Å². The maximum Gasteiger partial charge on any atom is 0.471 e. The molecule has 0 unspecified atom stereocenters. The van der Waals surface area contributed by atoms with Crippen LogP contribution in [0.15, 0.2) is 0 Å². The van der Waals surface area contributed by atoms with Crippen LogP contribution >= 0.6 is 0 Å². The molecule has 5 heavy (non-hydrogen) atoms. The van der Waals surface area contributed by atoms with Crippen LogP contribution in [0.5, 0.6) is 0 Å². The van der Waals surface area contributed by atoms with Gasteiger partial charge in [-0.15, -0.1) is 8.42 Å². The standard InChI is InChI=1S/CH3O2S2/c1-4-5(2)3/h1H3/q+1. The summed E-state index contributed by atoms with van der Waals surface area (Å²) < 4.78 is 18.7. The molecule has 0 rings (SSSR count). The van der Waals surface area contributed by atoms with Gasteiger partial charge in [0.2, 0.25) is 0 Å². The first kappa shape index (κ1) is 5.04. The van der Waals surface area contributed by atoms with Gasteiger partial charge >= 0.3 is 19.6 Å². The highest BCUT2D eigenvalue weighted by Gasteiger charge is 1.71. The topological polar surface area (TPSA) is 34.1 Å². The fourth-order valence-corrected chi connectivity index (χ4v) is 0. The molecule has 30 valence electrons. The Morgan fingerprint density at radius 1 is 1.60 bits per heavy atom. The Hall–Kier alpha value is 0.0400. The van der Waals surface area contributed by atoms with Crippen molar-refractivity contribution in [2.75, 3.05) is 6.26 Å². The molecule has 0 radical (unpaired) electrons. The third kappa shape index (κ3) is 4.04. The van der Waals surface area contributed by atoms with Crippen molar-refractivity contribution in [3.8, 4) is 0 Å². The summed E-state index contributed by atoms with van der Waals surface area (Å²) in [7, 11) is -1.11. The summed E-state index contributed by atoms with van der Waals surface area (Å²) in [5.41, 5.74) is 0. The summed E-state index contributed by atoms with van der Waals surface area (Å²) in [6.45, 7) is 0. The van der Waals surface area contributed by atoms with Crippen LogP contribution < -0.4 is 0 Å². The third-order valence-corrected chi connectivity index (χ3v) is 1.22. The summed E-state index contributed by atoms with van der Waals surface area (Å²) in [5, 5.41) is 0. The zero-order valence-electron chi connectivity index (χ0n) is 2.63. The SMILES string of the molecule is C[S+]=S(=O)=O. The van der Waals surface area contributed by atoms with Gasteiger partial charge in [0.05, 0.1) is 0 Å². The molecule has 0 aliphatic carbocycles. The van der Waals surface area contributed by atoms with Crippen LogP contribution in [0.4, 0.5) is 0 Å². The lowest BCUT2D eigenvalue weighted by Gasteiger charge is -1.16. The van der Waals surface area contributed by atoms with Crippen molar-refractivity contribution in [3.05, 3.63) is 0 Å². The van der Waals surface area contributed by atoms with Crippen LogP contribution in [-0.4, -0.2) is 14.7 Å². The number of hydrogen-bond donors (Lipinski definition) is 0. The molecule has 0 atom stereocenters. The lowest BCUT2D eigenvalue weighted by atomic mass is 12.0. The van der Waals surface area contributed by atoms with Crippen molar-refractivity contribution < 1.29 is 8.42 Å². The largest absolute Gasteiger partial charge is 0.471 e. The first-order chi connectivity index (χ1) is 2.27. The van der Waals surface area contributed by atoms with E-state index < -0.39 is 9.26 Å². The fraction of sp³-hybridized carbons (Fsp3) is 1.00. The monoisotopic (exact) mass is 111 g/mol. The second kappa shape index (κ2) is 2.29. The van der Waals surface area contributed by atoms with Crippen LogP contribution in [0.25, 0.3) is 0 Å². The minimum atomic E-state index is -1.91. The molecule has 0 heterocycles. The van der Waals surface area contributed by atoms with Gasteiger partial charge < -0.3 is 0 Å². The molecular weight excluding hydrogens is 108 g/mol. The molecule has 0 aromatic carbocycles. The molecule has 0 bridgehead atoms. The van der Waals surface area contributed by atoms with Crippen LogP contribution in [0, 0.1) is 0 Å². The first-order valence-corrected chi connectivity index (χ1v) is 3.72. The minimum absolute atomic E-state index is 0.796. The lowest BCUT2D eigenvalue weighted by molar-refractivity contribution is 0.628. The Labute approximate surface area is 35.0 Å². The van der Waals surface area contributed by atoms with E-state index >= 15 is 0 Å². The van der Waals surface area contributed by atoms with Gasteiger partial charge in [0.15, 0.2) is 6.26 Å². The Bertz CT molecular complexity index is 111.